The third kappa shape index (κ3) is 2.25. The van der Waals surface area contributed by atoms with E-state index in [0.29, 0.717) is 13.1 Å². The summed E-state index contributed by atoms with van der Waals surface area (Å²) < 4.78 is 13.2. The summed E-state index contributed by atoms with van der Waals surface area (Å²) in [7, 11) is 0. The molecule has 2 saturated carbocycles. The summed E-state index contributed by atoms with van der Waals surface area (Å²) in [5, 5.41) is 9.18. The monoisotopic (exact) mass is 331 g/mol. The Morgan fingerprint density at radius 3 is 2.17 bits per heavy atom. The third-order valence-electron chi connectivity index (χ3n) is 6.55. The van der Waals surface area contributed by atoms with Crippen molar-refractivity contribution < 1.29 is 19.1 Å². The number of nitrogens with zero attached hydrogens (tertiary/aromatic N) is 1. The average Bonchev–Trinajstić information content (AvgIpc) is 3.23. The first-order chi connectivity index (χ1) is 11.5. The molecule has 0 bridgehead atoms. The summed E-state index contributed by atoms with van der Waals surface area (Å²) >= 11 is 0. The van der Waals surface area contributed by atoms with Crippen LogP contribution in [0.4, 0.5) is 4.39 Å². The molecule has 1 saturated heterocycles. The molecular weight excluding hydrogens is 309 g/mol. The maximum atomic E-state index is 13.2. The van der Waals surface area contributed by atoms with Crippen LogP contribution >= 0.6 is 0 Å². The van der Waals surface area contributed by atoms with Crippen LogP contribution in [0.2, 0.25) is 0 Å². The van der Waals surface area contributed by atoms with Crippen LogP contribution in [0.1, 0.15) is 44.1 Å². The molecular formula is C19H22FNO3. The predicted molar refractivity (Wildman–Crippen MR) is 85.9 cm³/mol. The SMILES string of the molecule is O=C(O)C1CC12CCN(C(=O)C1(c3ccc(F)cc3)CCC1)CC2. The smallest absolute Gasteiger partial charge is 0.307 e. The highest BCUT2D eigenvalue weighted by atomic mass is 19.1. The number of hydrogen-bond donors (Lipinski definition) is 1. The molecule has 1 atom stereocenters. The normalized spacial score (nSPS) is 26.7. The summed E-state index contributed by atoms with van der Waals surface area (Å²) in [5.41, 5.74) is 0.356. The van der Waals surface area contributed by atoms with Gasteiger partial charge in [0.05, 0.1) is 11.3 Å². The Labute approximate surface area is 140 Å². The number of carboxylic acids is 1. The van der Waals surface area contributed by atoms with Crippen molar-refractivity contribution in [3.8, 4) is 0 Å². The third-order valence-corrected chi connectivity index (χ3v) is 6.55. The van der Waals surface area contributed by atoms with Gasteiger partial charge in [0, 0.05) is 13.1 Å². The van der Waals surface area contributed by atoms with Crippen molar-refractivity contribution in [1.82, 2.24) is 4.90 Å². The molecule has 1 heterocycles. The fraction of sp³-hybridized carbons (Fsp3) is 0.579. The molecule has 0 radical (unpaired) electrons. The molecule has 1 aliphatic heterocycles. The van der Waals surface area contributed by atoms with Crippen molar-refractivity contribution in [2.24, 2.45) is 11.3 Å². The fourth-order valence-corrected chi connectivity index (χ4v) is 4.63. The van der Waals surface area contributed by atoms with Crippen LogP contribution in [-0.4, -0.2) is 35.0 Å². The number of carbonyl (C=O) groups excluding carboxylic acids is 1. The first-order valence-electron chi connectivity index (χ1n) is 8.75. The van der Waals surface area contributed by atoms with Crippen LogP contribution in [0.25, 0.3) is 0 Å². The number of hydrogen-bond acceptors (Lipinski definition) is 2. The molecule has 3 fully saturated rings. The first kappa shape index (κ1) is 15.6. The van der Waals surface area contributed by atoms with E-state index in [1.165, 1.54) is 12.1 Å². The van der Waals surface area contributed by atoms with Gasteiger partial charge in [0.25, 0.3) is 0 Å². The molecule has 1 unspecified atom stereocenters. The molecule has 2 aliphatic carbocycles. The van der Waals surface area contributed by atoms with Crippen LogP contribution in [0.3, 0.4) is 0 Å². The van der Waals surface area contributed by atoms with E-state index in [1.807, 2.05) is 4.90 Å². The molecule has 1 aromatic carbocycles. The Hall–Kier alpha value is -1.91. The van der Waals surface area contributed by atoms with Crippen molar-refractivity contribution in [2.45, 2.75) is 43.9 Å². The van der Waals surface area contributed by atoms with E-state index in [1.54, 1.807) is 12.1 Å². The summed E-state index contributed by atoms with van der Waals surface area (Å²) in [5.74, 6) is -1.06. The van der Waals surface area contributed by atoms with E-state index in [-0.39, 0.29) is 23.1 Å². The Morgan fingerprint density at radius 2 is 1.71 bits per heavy atom. The van der Waals surface area contributed by atoms with Crippen LogP contribution in [0, 0.1) is 17.2 Å². The van der Waals surface area contributed by atoms with Gasteiger partial charge in [-0.2, -0.15) is 0 Å². The number of amides is 1. The highest BCUT2D eigenvalue weighted by Gasteiger charge is 2.60. The van der Waals surface area contributed by atoms with Crippen molar-refractivity contribution in [3.63, 3.8) is 0 Å². The first-order valence-corrected chi connectivity index (χ1v) is 8.75. The topological polar surface area (TPSA) is 57.6 Å². The molecule has 3 aliphatic rings. The predicted octanol–water partition coefficient (Wildman–Crippen LogP) is 2.96. The van der Waals surface area contributed by atoms with E-state index >= 15 is 0 Å². The average molecular weight is 331 g/mol. The van der Waals surface area contributed by atoms with E-state index in [0.717, 1.165) is 44.1 Å². The Morgan fingerprint density at radius 1 is 1.08 bits per heavy atom. The lowest BCUT2D eigenvalue weighted by molar-refractivity contribution is -0.143. The van der Waals surface area contributed by atoms with Gasteiger partial charge in [-0.25, -0.2) is 4.39 Å². The second-order valence-corrected chi connectivity index (χ2v) is 7.69. The van der Waals surface area contributed by atoms with E-state index in [2.05, 4.69) is 0 Å². The minimum absolute atomic E-state index is 0.0642. The molecule has 4 rings (SSSR count). The number of aliphatic carboxylic acids is 1. The van der Waals surface area contributed by atoms with Crippen LogP contribution in [0.5, 0.6) is 0 Å². The number of likely N-dealkylation sites (tertiary alicyclic amines) is 1. The molecule has 24 heavy (non-hydrogen) atoms. The zero-order valence-corrected chi connectivity index (χ0v) is 13.6. The van der Waals surface area contributed by atoms with Gasteiger partial charge in [-0.3, -0.25) is 9.59 Å². The number of rotatable bonds is 3. The Balaban J connectivity index is 1.48. The summed E-state index contributed by atoms with van der Waals surface area (Å²) in [6.45, 7) is 1.29. The van der Waals surface area contributed by atoms with Gasteiger partial charge in [0.15, 0.2) is 0 Å². The highest BCUT2D eigenvalue weighted by Crippen LogP contribution is 2.59. The van der Waals surface area contributed by atoms with Gasteiger partial charge in [-0.15, -0.1) is 0 Å². The minimum atomic E-state index is -0.698. The zero-order chi connectivity index (χ0) is 16.9. The number of piperidine rings is 1. The molecule has 1 N–H and O–H groups in total. The van der Waals surface area contributed by atoms with Gasteiger partial charge in [-0.1, -0.05) is 18.6 Å². The van der Waals surface area contributed by atoms with Gasteiger partial charge in [0.1, 0.15) is 5.82 Å². The Bertz CT molecular complexity index is 672. The summed E-state index contributed by atoms with van der Waals surface area (Å²) in [4.78, 5) is 26.2. The summed E-state index contributed by atoms with van der Waals surface area (Å²) in [6.07, 6.45) is 4.98. The van der Waals surface area contributed by atoms with Crippen molar-refractivity contribution in [3.05, 3.63) is 35.6 Å². The van der Waals surface area contributed by atoms with E-state index in [9.17, 15) is 19.1 Å². The van der Waals surface area contributed by atoms with Crippen LogP contribution in [0.15, 0.2) is 24.3 Å². The lowest BCUT2D eigenvalue weighted by Crippen LogP contribution is -2.53. The molecule has 0 aromatic heterocycles. The maximum Gasteiger partial charge on any atom is 0.307 e. The van der Waals surface area contributed by atoms with Crippen molar-refractivity contribution >= 4 is 11.9 Å². The molecule has 5 heteroatoms. The van der Waals surface area contributed by atoms with Gasteiger partial charge < -0.3 is 10.0 Å². The van der Waals surface area contributed by atoms with Crippen LogP contribution in [-0.2, 0) is 15.0 Å². The fourth-order valence-electron chi connectivity index (χ4n) is 4.63. The van der Waals surface area contributed by atoms with E-state index < -0.39 is 11.4 Å². The van der Waals surface area contributed by atoms with Gasteiger partial charge in [0.2, 0.25) is 5.91 Å². The minimum Gasteiger partial charge on any atom is -0.481 e. The lowest BCUT2D eigenvalue weighted by Gasteiger charge is -2.46. The molecule has 1 amide bonds. The number of halogens is 1. The maximum absolute atomic E-state index is 13.2. The summed E-state index contributed by atoms with van der Waals surface area (Å²) in [6, 6.07) is 6.32. The quantitative estimate of drug-likeness (QED) is 0.926. The number of carboxylic acid groups (broad SMARTS) is 1. The van der Waals surface area contributed by atoms with Crippen LogP contribution < -0.4 is 0 Å². The molecule has 1 aromatic rings. The highest BCUT2D eigenvalue weighted by molar-refractivity contribution is 5.89. The lowest BCUT2D eigenvalue weighted by atomic mass is 9.63. The number of benzene rings is 1. The Kier molecular flexibility index (Phi) is 3.44. The zero-order valence-electron chi connectivity index (χ0n) is 13.6. The molecule has 4 nitrogen and oxygen atoms in total. The van der Waals surface area contributed by atoms with Crippen molar-refractivity contribution in [1.29, 1.82) is 0 Å². The second kappa shape index (κ2) is 5.30. The molecule has 1 spiro atoms. The van der Waals surface area contributed by atoms with Gasteiger partial charge >= 0.3 is 5.97 Å². The molecule has 128 valence electrons. The second-order valence-electron chi connectivity index (χ2n) is 7.69. The standard InChI is InChI=1S/C19H22FNO3/c20-14-4-2-13(3-5-14)19(6-1-7-19)17(24)21-10-8-18(9-11-21)12-15(18)16(22)23/h2-5,15H,1,6-12H2,(H,22,23). The van der Waals surface area contributed by atoms with Gasteiger partial charge in [-0.05, 0) is 55.2 Å². The number of carbonyl (C=O) groups is 2. The largest absolute Gasteiger partial charge is 0.481 e. The van der Waals surface area contributed by atoms with Crippen molar-refractivity contribution in [2.75, 3.05) is 13.1 Å². The van der Waals surface area contributed by atoms with E-state index in [4.69, 9.17) is 0 Å².